The molecule has 0 bridgehead atoms. The van der Waals surface area contributed by atoms with Crippen LogP contribution in [0.2, 0.25) is 0 Å². The van der Waals surface area contributed by atoms with Gasteiger partial charge < -0.3 is 14.6 Å². The lowest BCUT2D eigenvalue weighted by atomic mass is 10.0. The molecule has 1 amide bonds. The maximum absolute atomic E-state index is 13.4. The summed E-state index contributed by atoms with van der Waals surface area (Å²) < 4.78 is 21.1. The van der Waals surface area contributed by atoms with Crippen molar-refractivity contribution in [3.63, 3.8) is 0 Å². The molecule has 5 rings (SSSR count). The molecule has 0 saturated carbocycles. The molecular formula is C27H24FN3O2S. The number of hydrogen-bond donors (Lipinski definition) is 1. The van der Waals surface area contributed by atoms with E-state index in [1.165, 1.54) is 17.7 Å². The highest BCUT2D eigenvalue weighted by atomic mass is 32.1. The van der Waals surface area contributed by atoms with Crippen LogP contribution in [0.5, 0.6) is 5.75 Å². The number of nitrogens with zero attached hydrogens (tertiary/aromatic N) is 2. The molecular weight excluding hydrogens is 449 g/mol. The summed E-state index contributed by atoms with van der Waals surface area (Å²) in [5.41, 5.74) is 4.63. The second-order valence-corrected chi connectivity index (χ2v) is 9.12. The van der Waals surface area contributed by atoms with Crippen LogP contribution in [0.25, 0.3) is 11.3 Å². The molecule has 0 fully saturated rings. The Morgan fingerprint density at radius 3 is 2.71 bits per heavy atom. The molecule has 4 aromatic rings. The monoisotopic (exact) mass is 473 g/mol. The van der Waals surface area contributed by atoms with Gasteiger partial charge in [-0.1, -0.05) is 30.3 Å². The number of hydrogen-bond acceptors (Lipinski definition) is 4. The van der Waals surface area contributed by atoms with Gasteiger partial charge in [-0.15, -0.1) is 11.3 Å². The van der Waals surface area contributed by atoms with Gasteiger partial charge in [-0.05, 0) is 67.8 Å². The maximum Gasteiger partial charge on any atom is 0.262 e. The smallest absolute Gasteiger partial charge is 0.262 e. The standard InChI is InChI=1S/C27H24FN3O2S/c1-18(7-8-19-5-3-2-4-6-19)31-24(17-34-27(31)29-22-12-10-21(28)11-13-22)20-9-14-25-23(15-20)30-26(32)16-33-25/h2-6,9-15,17-18H,7-8,16H2,1H3,(H,30,32). The Morgan fingerprint density at radius 2 is 1.91 bits per heavy atom. The van der Waals surface area contributed by atoms with Gasteiger partial charge in [-0.2, -0.15) is 0 Å². The molecule has 2 heterocycles. The predicted octanol–water partition coefficient (Wildman–Crippen LogP) is 6.11. The van der Waals surface area contributed by atoms with Crippen molar-refractivity contribution < 1.29 is 13.9 Å². The average Bonchev–Trinajstić information content (AvgIpc) is 3.27. The quantitative estimate of drug-likeness (QED) is 0.367. The predicted molar refractivity (Wildman–Crippen MR) is 133 cm³/mol. The van der Waals surface area contributed by atoms with Crippen LogP contribution >= 0.6 is 11.3 Å². The molecule has 0 saturated heterocycles. The number of fused-ring (bicyclic) bond motifs is 1. The first-order valence-electron chi connectivity index (χ1n) is 11.2. The molecule has 1 atom stereocenters. The number of ether oxygens (including phenoxy) is 1. The fraction of sp³-hybridized carbons (Fsp3) is 0.185. The van der Waals surface area contributed by atoms with Crippen molar-refractivity contribution in [2.24, 2.45) is 4.99 Å². The van der Waals surface area contributed by atoms with E-state index in [9.17, 15) is 9.18 Å². The zero-order valence-electron chi connectivity index (χ0n) is 18.7. The van der Waals surface area contributed by atoms with E-state index < -0.39 is 0 Å². The minimum absolute atomic E-state index is 0.0298. The molecule has 34 heavy (non-hydrogen) atoms. The van der Waals surface area contributed by atoms with Gasteiger partial charge in [0.15, 0.2) is 11.4 Å². The number of anilines is 1. The summed E-state index contributed by atoms with van der Waals surface area (Å²) >= 11 is 1.54. The summed E-state index contributed by atoms with van der Waals surface area (Å²) in [4.78, 5) is 17.5. The van der Waals surface area contributed by atoms with E-state index in [4.69, 9.17) is 9.73 Å². The second kappa shape index (κ2) is 9.65. The fourth-order valence-corrected chi connectivity index (χ4v) is 5.07. The van der Waals surface area contributed by atoms with Crippen molar-refractivity contribution in [3.05, 3.63) is 94.4 Å². The van der Waals surface area contributed by atoms with E-state index in [-0.39, 0.29) is 24.4 Å². The van der Waals surface area contributed by atoms with Crippen LogP contribution in [0.15, 0.2) is 83.2 Å². The number of nitrogens with one attached hydrogen (secondary N) is 1. The largest absolute Gasteiger partial charge is 0.482 e. The average molecular weight is 474 g/mol. The second-order valence-electron chi connectivity index (χ2n) is 8.28. The number of thiazole rings is 1. The zero-order valence-corrected chi connectivity index (χ0v) is 19.5. The molecule has 0 spiro atoms. The third-order valence-electron chi connectivity index (χ3n) is 5.84. The number of benzene rings is 3. The summed E-state index contributed by atoms with van der Waals surface area (Å²) in [5.74, 6) is 0.220. The van der Waals surface area contributed by atoms with Gasteiger partial charge in [0.25, 0.3) is 5.91 Å². The fourth-order valence-electron chi connectivity index (χ4n) is 4.06. The van der Waals surface area contributed by atoms with E-state index >= 15 is 0 Å². The van der Waals surface area contributed by atoms with Crippen LogP contribution in [0, 0.1) is 5.82 Å². The molecule has 3 aromatic carbocycles. The van der Waals surface area contributed by atoms with Crippen molar-refractivity contribution >= 4 is 28.6 Å². The number of carbonyl (C=O) groups is 1. The van der Waals surface area contributed by atoms with Crippen LogP contribution in [0.1, 0.15) is 24.9 Å². The van der Waals surface area contributed by atoms with Gasteiger partial charge in [-0.3, -0.25) is 4.79 Å². The zero-order chi connectivity index (χ0) is 23.5. The van der Waals surface area contributed by atoms with Crippen LogP contribution < -0.4 is 14.9 Å². The van der Waals surface area contributed by atoms with Crippen molar-refractivity contribution in [1.82, 2.24) is 4.57 Å². The molecule has 0 radical (unpaired) electrons. The Morgan fingerprint density at radius 1 is 1.12 bits per heavy atom. The van der Waals surface area contributed by atoms with Gasteiger partial charge in [0, 0.05) is 17.0 Å². The summed E-state index contributed by atoms with van der Waals surface area (Å²) in [7, 11) is 0. The highest BCUT2D eigenvalue weighted by molar-refractivity contribution is 7.07. The van der Waals surface area contributed by atoms with Gasteiger partial charge in [0.1, 0.15) is 11.6 Å². The molecule has 1 aromatic heterocycles. The summed E-state index contributed by atoms with van der Waals surface area (Å²) in [5, 5.41) is 4.97. The normalized spacial score (nSPS) is 14.3. The van der Waals surface area contributed by atoms with Crippen LogP contribution in [-0.2, 0) is 11.2 Å². The highest BCUT2D eigenvalue weighted by Crippen LogP contribution is 2.34. The highest BCUT2D eigenvalue weighted by Gasteiger charge is 2.19. The first-order chi connectivity index (χ1) is 16.6. The van der Waals surface area contributed by atoms with Gasteiger partial charge in [0.2, 0.25) is 0 Å². The number of rotatable bonds is 6. The topological polar surface area (TPSA) is 55.6 Å². The maximum atomic E-state index is 13.4. The number of aryl methyl sites for hydroxylation is 1. The Bertz CT molecular complexity index is 1380. The molecule has 1 aliphatic heterocycles. The Kier molecular flexibility index (Phi) is 6.27. The van der Waals surface area contributed by atoms with Crippen molar-refractivity contribution in [2.75, 3.05) is 11.9 Å². The van der Waals surface area contributed by atoms with Gasteiger partial charge >= 0.3 is 0 Å². The summed E-state index contributed by atoms with van der Waals surface area (Å²) in [6, 6.07) is 22.6. The number of aromatic nitrogens is 1. The molecule has 7 heteroatoms. The SMILES string of the molecule is CC(CCc1ccccc1)n1c(-c2ccc3c(c2)NC(=O)CO3)csc1=Nc1ccc(F)cc1. The summed E-state index contributed by atoms with van der Waals surface area (Å²) in [6.07, 6.45) is 1.86. The third kappa shape index (κ3) is 4.79. The first kappa shape index (κ1) is 22.1. The van der Waals surface area contributed by atoms with Crippen molar-refractivity contribution in [1.29, 1.82) is 0 Å². The van der Waals surface area contributed by atoms with E-state index in [1.54, 1.807) is 23.5 Å². The molecule has 1 aliphatic rings. The Hall–Kier alpha value is -3.71. The van der Waals surface area contributed by atoms with Crippen LogP contribution in [0.4, 0.5) is 15.8 Å². The third-order valence-corrected chi connectivity index (χ3v) is 6.68. The number of amides is 1. The lowest BCUT2D eigenvalue weighted by molar-refractivity contribution is -0.118. The molecule has 1 unspecified atom stereocenters. The Labute approximate surface area is 201 Å². The lowest BCUT2D eigenvalue weighted by Crippen LogP contribution is -2.25. The lowest BCUT2D eigenvalue weighted by Gasteiger charge is -2.20. The van der Waals surface area contributed by atoms with Gasteiger partial charge in [-0.25, -0.2) is 9.38 Å². The number of carbonyl (C=O) groups excluding carboxylic acids is 1. The molecule has 5 nitrogen and oxygen atoms in total. The number of halogens is 1. The molecule has 172 valence electrons. The van der Waals surface area contributed by atoms with E-state index in [0.717, 1.165) is 28.9 Å². The van der Waals surface area contributed by atoms with Crippen molar-refractivity contribution in [3.8, 4) is 17.0 Å². The molecule has 0 aliphatic carbocycles. The van der Waals surface area contributed by atoms with E-state index in [0.29, 0.717) is 17.1 Å². The minimum atomic E-state index is -0.284. The van der Waals surface area contributed by atoms with Crippen LogP contribution in [-0.4, -0.2) is 17.1 Å². The first-order valence-corrected chi connectivity index (χ1v) is 12.1. The molecule has 1 N–H and O–H groups in total. The van der Waals surface area contributed by atoms with E-state index in [2.05, 4.69) is 46.5 Å². The van der Waals surface area contributed by atoms with Gasteiger partial charge in [0.05, 0.1) is 17.1 Å². The minimum Gasteiger partial charge on any atom is -0.482 e. The summed E-state index contributed by atoms with van der Waals surface area (Å²) in [6.45, 7) is 2.22. The Balaban J connectivity index is 1.55. The van der Waals surface area contributed by atoms with Crippen LogP contribution in [0.3, 0.4) is 0 Å². The van der Waals surface area contributed by atoms with E-state index in [1.807, 2.05) is 24.3 Å². The van der Waals surface area contributed by atoms with Crippen molar-refractivity contribution in [2.45, 2.75) is 25.8 Å².